The number of nitrogens with zero attached hydrogens (tertiary/aromatic N) is 2. The average molecular weight is 345 g/mol. The number of carbonyl (C=O) groups is 1. The van der Waals surface area contributed by atoms with E-state index in [0.29, 0.717) is 24.2 Å². The largest absolute Gasteiger partial charge is 0.338 e. The van der Waals surface area contributed by atoms with Gasteiger partial charge in [0, 0.05) is 31.1 Å². The van der Waals surface area contributed by atoms with E-state index >= 15 is 0 Å². The summed E-state index contributed by atoms with van der Waals surface area (Å²) in [5.41, 5.74) is 0.597. The fourth-order valence-electron chi connectivity index (χ4n) is 3.51. The first kappa shape index (κ1) is 15.4. The summed E-state index contributed by atoms with van der Waals surface area (Å²) in [6.45, 7) is 3.80. The maximum absolute atomic E-state index is 12.9. The molecule has 1 fully saturated rings. The Morgan fingerprint density at radius 3 is 2.75 bits per heavy atom. The Balaban J connectivity index is 1.70. The Bertz CT molecular complexity index is 921. The van der Waals surface area contributed by atoms with E-state index in [1.165, 1.54) is 4.31 Å². The van der Waals surface area contributed by atoms with Gasteiger partial charge in [0.05, 0.1) is 10.6 Å². The second kappa shape index (κ2) is 5.46. The van der Waals surface area contributed by atoms with Crippen LogP contribution >= 0.6 is 0 Å². The number of benzene rings is 2. The van der Waals surface area contributed by atoms with Crippen molar-refractivity contribution in [3.8, 4) is 0 Å². The number of hydrogen-bond donors (Lipinski definition) is 1. The number of carbonyl (C=O) groups excluding carboxylic acids is 1. The van der Waals surface area contributed by atoms with E-state index in [1.54, 1.807) is 23.1 Å². The van der Waals surface area contributed by atoms with Gasteiger partial charge in [0.2, 0.25) is 5.91 Å². The molecule has 1 amide bonds. The molecule has 6 nitrogen and oxygen atoms in total. The van der Waals surface area contributed by atoms with Crippen LogP contribution in [-0.2, 0) is 14.8 Å². The van der Waals surface area contributed by atoms with Crippen molar-refractivity contribution in [1.29, 1.82) is 0 Å². The maximum Gasteiger partial charge on any atom is 0.265 e. The van der Waals surface area contributed by atoms with Crippen molar-refractivity contribution >= 4 is 32.4 Å². The lowest BCUT2D eigenvalue weighted by Gasteiger charge is -2.33. The first-order valence-corrected chi connectivity index (χ1v) is 9.48. The van der Waals surface area contributed by atoms with E-state index in [2.05, 4.69) is 5.32 Å². The van der Waals surface area contributed by atoms with Gasteiger partial charge >= 0.3 is 0 Å². The molecule has 0 radical (unpaired) electrons. The van der Waals surface area contributed by atoms with Gasteiger partial charge < -0.3 is 10.2 Å². The summed E-state index contributed by atoms with van der Waals surface area (Å²) < 4.78 is 27.0. The summed E-state index contributed by atoms with van der Waals surface area (Å²) in [6, 6.07) is 10.9. The lowest BCUT2D eigenvalue weighted by Crippen LogP contribution is -2.53. The lowest BCUT2D eigenvalue weighted by molar-refractivity contribution is -0.130. The molecule has 2 aliphatic rings. The highest BCUT2D eigenvalue weighted by Crippen LogP contribution is 2.41. The molecular weight excluding hydrogens is 326 g/mol. The Hall–Kier alpha value is -2.12. The molecule has 1 N–H and O–H groups in total. The van der Waals surface area contributed by atoms with Crippen LogP contribution in [0.4, 0.5) is 5.69 Å². The van der Waals surface area contributed by atoms with Crippen molar-refractivity contribution in [2.45, 2.75) is 17.9 Å². The molecule has 24 heavy (non-hydrogen) atoms. The Morgan fingerprint density at radius 2 is 2.00 bits per heavy atom. The van der Waals surface area contributed by atoms with Gasteiger partial charge in [-0.05, 0) is 24.4 Å². The van der Waals surface area contributed by atoms with Crippen LogP contribution in [0.2, 0.25) is 0 Å². The Morgan fingerprint density at radius 1 is 1.25 bits per heavy atom. The molecule has 0 aliphatic carbocycles. The highest BCUT2D eigenvalue weighted by atomic mass is 32.2. The van der Waals surface area contributed by atoms with Crippen LogP contribution < -0.4 is 9.62 Å². The predicted octanol–water partition coefficient (Wildman–Crippen LogP) is 1.17. The molecule has 126 valence electrons. The van der Waals surface area contributed by atoms with Crippen LogP contribution in [-0.4, -0.2) is 51.4 Å². The molecule has 0 aromatic heterocycles. The van der Waals surface area contributed by atoms with Crippen molar-refractivity contribution < 1.29 is 13.2 Å². The van der Waals surface area contributed by atoms with Crippen LogP contribution in [0.5, 0.6) is 0 Å². The second-order valence-corrected chi connectivity index (χ2v) is 8.17. The molecule has 2 aromatic rings. The minimum Gasteiger partial charge on any atom is -0.338 e. The second-order valence-electron chi connectivity index (χ2n) is 6.34. The van der Waals surface area contributed by atoms with Crippen LogP contribution in [0.3, 0.4) is 0 Å². The van der Waals surface area contributed by atoms with Crippen molar-refractivity contribution in [1.82, 2.24) is 10.2 Å². The van der Waals surface area contributed by atoms with Gasteiger partial charge in [-0.25, -0.2) is 8.42 Å². The number of piperazine rings is 1. The lowest BCUT2D eigenvalue weighted by atomic mass is 10.1. The zero-order valence-corrected chi connectivity index (χ0v) is 14.2. The third-order valence-corrected chi connectivity index (χ3v) is 6.48. The summed E-state index contributed by atoms with van der Waals surface area (Å²) >= 11 is 0. The van der Waals surface area contributed by atoms with Gasteiger partial charge in [-0.15, -0.1) is 0 Å². The number of anilines is 1. The van der Waals surface area contributed by atoms with E-state index in [9.17, 15) is 13.2 Å². The van der Waals surface area contributed by atoms with Crippen LogP contribution in [0, 0.1) is 0 Å². The van der Waals surface area contributed by atoms with Gasteiger partial charge in [0.15, 0.2) is 0 Å². The fraction of sp³-hybridized carbons (Fsp3) is 0.353. The van der Waals surface area contributed by atoms with Crippen molar-refractivity contribution in [2.24, 2.45) is 0 Å². The molecule has 2 aromatic carbocycles. The Kier molecular flexibility index (Phi) is 3.51. The van der Waals surface area contributed by atoms with E-state index in [0.717, 1.165) is 11.9 Å². The smallest absolute Gasteiger partial charge is 0.265 e. The topological polar surface area (TPSA) is 69.7 Å². The molecule has 0 spiro atoms. The van der Waals surface area contributed by atoms with Crippen LogP contribution in [0.15, 0.2) is 41.3 Å². The van der Waals surface area contributed by atoms with E-state index in [1.807, 2.05) is 25.1 Å². The number of amides is 1. The van der Waals surface area contributed by atoms with Gasteiger partial charge in [0.1, 0.15) is 6.54 Å². The van der Waals surface area contributed by atoms with E-state index in [4.69, 9.17) is 0 Å². The number of nitrogens with one attached hydrogen (secondary N) is 1. The predicted molar refractivity (Wildman–Crippen MR) is 92.5 cm³/mol. The maximum atomic E-state index is 12.9. The SMILES string of the molecule is CC1CN(C(=O)CN2c3cccc4cccc(c34)S2(=O)=O)CCN1. The molecular formula is C17H19N3O3S. The monoisotopic (exact) mass is 345 g/mol. The zero-order valence-electron chi connectivity index (χ0n) is 13.4. The molecule has 0 saturated carbocycles. The van der Waals surface area contributed by atoms with Crippen LogP contribution in [0.1, 0.15) is 6.92 Å². The van der Waals surface area contributed by atoms with Crippen LogP contribution in [0.25, 0.3) is 10.8 Å². The quantitative estimate of drug-likeness (QED) is 0.887. The number of sulfonamides is 1. The zero-order chi connectivity index (χ0) is 16.9. The first-order chi connectivity index (χ1) is 11.5. The molecule has 1 unspecified atom stereocenters. The molecule has 2 heterocycles. The van der Waals surface area contributed by atoms with E-state index < -0.39 is 10.0 Å². The van der Waals surface area contributed by atoms with Gasteiger partial charge in [-0.2, -0.15) is 0 Å². The summed E-state index contributed by atoms with van der Waals surface area (Å²) in [4.78, 5) is 14.7. The number of rotatable bonds is 2. The summed E-state index contributed by atoms with van der Waals surface area (Å²) in [6.07, 6.45) is 0. The standard InChI is InChI=1S/C17H19N3O3S/c1-12-10-19(9-8-18-12)16(21)11-20-14-6-2-4-13-5-3-7-15(17(13)14)24(20,22)23/h2-7,12,18H,8-11H2,1H3. The molecule has 1 atom stereocenters. The summed E-state index contributed by atoms with van der Waals surface area (Å²) in [7, 11) is -3.68. The fourth-order valence-corrected chi connectivity index (χ4v) is 5.17. The van der Waals surface area contributed by atoms with E-state index in [-0.39, 0.29) is 23.4 Å². The highest BCUT2D eigenvalue weighted by Gasteiger charge is 2.37. The third-order valence-electron chi connectivity index (χ3n) is 4.68. The number of hydrogen-bond acceptors (Lipinski definition) is 4. The molecule has 2 aliphatic heterocycles. The summed E-state index contributed by atoms with van der Waals surface area (Å²) in [5, 5.41) is 4.87. The minimum atomic E-state index is -3.68. The third kappa shape index (κ3) is 2.27. The summed E-state index contributed by atoms with van der Waals surface area (Å²) in [5.74, 6) is -0.156. The van der Waals surface area contributed by atoms with Crippen molar-refractivity contribution in [3.05, 3.63) is 36.4 Å². The average Bonchev–Trinajstić information content (AvgIpc) is 2.78. The van der Waals surface area contributed by atoms with Crippen molar-refractivity contribution in [2.75, 3.05) is 30.5 Å². The molecule has 4 rings (SSSR count). The molecule has 0 bridgehead atoms. The molecule has 1 saturated heterocycles. The van der Waals surface area contributed by atoms with Crippen molar-refractivity contribution in [3.63, 3.8) is 0 Å². The highest BCUT2D eigenvalue weighted by molar-refractivity contribution is 7.93. The normalized spacial score (nSPS) is 22.1. The van der Waals surface area contributed by atoms with Gasteiger partial charge in [0.25, 0.3) is 10.0 Å². The Labute approximate surface area is 141 Å². The van der Waals surface area contributed by atoms with Gasteiger partial charge in [-0.3, -0.25) is 9.10 Å². The minimum absolute atomic E-state index is 0.150. The van der Waals surface area contributed by atoms with Gasteiger partial charge in [-0.1, -0.05) is 24.3 Å². The first-order valence-electron chi connectivity index (χ1n) is 8.04. The molecule has 7 heteroatoms.